The van der Waals surface area contributed by atoms with Gasteiger partial charge in [0, 0.05) is 19.6 Å². The van der Waals surface area contributed by atoms with Crippen LogP contribution >= 0.6 is 0 Å². The predicted molar refractivity (Wildman–Crippen MR) is 72.2 cm³/mol. The number of morpholine rings is 1. The van der Waals surface area contributed by atoms with E-state index in [9.17, 15) is 4.79 Å². The number of nitrogens with zero attached hydrogens (tertiary/aromatic N) is 2. The molecule has 0 spiro atoms. The first-order chi connectivity index (χ1) is 9.08. The number of benzene rings is 1. The van der Waals surface area contributed by atoms with E-state index >= 15 is 0 Å². The molecule has 102 valence electrons. The van der Waals surface area contributed by atoms with Crippen LogP contribution in [0.15, 0.2) is 27.4 Å². The van der Waals surface area contributed by atoms with Gasteiger partial charge in [0.15, 0.2) is 5.58 Å². The van der Waals surface area contributed by atoms with E-state index in [1.54, 1.807) is 7.05 Å². The van der Waals surface area contributed by atoms with Gasteiger partial charge in [-0.1, -0.05) is 6.07 Å². The molecule has 0 N–H and O–H groups in total. The van der Waals surface area contributed by atoms with Crippen molar-refractivity contribution in [3.8, 4) is 0 Å². The van der Waals surface area contributed by atoms with E-state index < -0.39 is 0 Å². The summed E-state index contributed by atoms with van der Waals surface area (Å²) in [5, 5.41) is 0. The molecule has 1 aliphatic heterocycles. The summed E-state index contributed by atoms with van der Waals surface area (Å²) in [5.41, 5.74) is 2.49. The van der Waals surface area contributed by atoms with Crippen LogP contribution in [0.3, 0.4) is 0 Å². The second-order valence-electron chi connectivity index (χ2n) is 5.17. The van der Waals surface area contributed by atoms with Crippen LogP contribution in [0, 0.1) is 0 Å². The molecule has 2 aromatic rings. The fraction of sp³-hybridized carbons (Fsp3) is 0.500. The van der Waals surface area contributed by atoms with Gasteiger partial charge < -0.3 is 9.15 Å². The monoisotopic (exact) mass is 262 g/mol. The van der Waals surface area contributed by atoms with Gasteiger partial charge in [-0.3, -0.25) is 9.47 Å². The summed E-state index contributed by atoms with van der Waals surface area (Å²) in [4.78, 5) is 13.8. The van der Waals surface area contributed by atoms with Crippen LogP contribution in [0.2, 0.25) is 0 Å². The number of oxazole rings is 1. The van der Waals surface area contributed by atoms with Gasteiger partial charge in [0.2, 0.25) is 0 Å². The van der Waals surface area contributed by atoms with Crippen molar-refractivity contribution >= 4 is 11.1 Å². The highest BCUT2D eigenvalue weighted by Crippen LogP contribution is 2.29. The zero-order valence-electron chi connectivity index (χ0n) is 11.4. The Morgan fingerprint density at radius 2 is 2.11 bits per heavy atom. The number of rotatable bonds is 1. The van der Waals surface area contributed by atoms with E-state index in [1.807, 2.05) is 18.2 Å². The Hall–Kier alpha value is -1.59. The van der Waals surface area contributed by atoms with Crippen molar-refractivity contribution in [1.29, 1.82) is 0 Å². The maximum Gasteiger partial charge on any atom is 0.419 e. The van der Waals surface area contributed by atoms with E-state index in [4.69, 9.17) is 9.15 Å². The Morgan fingerprint density at radius 1 is 1.32 bits per heavy atom. The van der Waals surface area contributed by atoms with Crippen molar-refractivity contribution in [2.24, 2.45) is 7.05 Å². The van der Waals surface area contributed by atoms with Crippen LogP contribution in [0.1, 0.15) is 18.6 Å². The standard InChI is InChI=1S/C14H18N2O3/c1-9-13(18-7-6-15(9)2)10-4-5-11-12(8-10)19-14(17)16(11)3/h4-5,8-9,13H,6-7H2,1-3H3. The number of aromatic nitrogens is 1. The lowest BCUT2D eigenvalue weighted by molar-refractivity contribution is -0.0571. The molecule has 1 aromatic carbocycles. The molecule has 1 fully saturated rings. The molecule has 0 bridgehead atoms. The zero-order chi connectivity index (χ0) is 13.6. The fourth-order valence-electron chi connectivity index (χ4n) is 2.60. The molecule has 5 nitrogen and oxygen atoms in total. The summed E-state index contributed by atoms with van der Waals surface area (Å²) >= 11 is 0. The first-order valence-electron chi connectivity index (χ1n) is 6.49. The summed E-state index contributed by atoms with van der Waals surface area (Å²) in [5.74, 6) is -0.332. The van der Waals surface area contributed by atoms with E-state index in [1.165, 1.54) is 4.57 Å². The normalized spacial score (nSPS) is 25.0. The highest BCUT2D eigenvalue weighted by molar-refractivity contribution is 5.73. The zero-order valence-corrected chi connectivity index (χ0v) is 11.4. The molecule has 19 heavy (non-hydrogen) atoms. The molecule has 0 saturated carbocycles. The molecular weight excluding hydrogens is 244 g/mol. The lowest BCUT2D eigenvalue weighted by atomic mass is 10.0. The smallest absolute Gasteiger partial charge is 0.408 e. The van der Waals surface area contributed by atoms with Gasteiger partial charge in [-0.15, -0.1) is 0 Å². The van der Waals surface area contributed by atoms with Crippen molar-refractivity contribution in [2.75, 3.05) is 20.2 Å². The minimum absolute atomic E-state index is 0.0219. The maximum atomic E-state index is 11.5. The highest BCUT2D eigenvalue weighted by atomic mass is 16.5. The van der Waals surface area contributed by atoms with E-state index in [2.05, 4.69) is 18.9 Å². The predicted octanol–water partition coefficient (Wildman–Crippen LogP) is 1.52. The number of likely N-dealkylation sites (N-methyl/N-ethyl adjacent to an activating group) is 1. The Bertz CT molecular complexity index is 658. The minimum atomic E-state index is -0.332. The van der Waals surface area contributed by atoms with Crippen LogP contribution in [-0.4, -0.2) is 35.7 Å². The Kier molecular flexibility index (Phi) is 2.95. The Balaban J connectivity index is 2.03. The third-order valence-electron chi connectivity index (χ3n) is 4.02. The van der Waals surface area contributed by atoms with Crippen LogP contribution in [0.4, 0.5) is 0 Å². The maximum absolute atomic E-state index is 11.5. The van der Waals surface area contributed by atoms with Crippen molar-refractivity contribution in [3.05, 3.63) is 34.3 Å². The average Bonchev–Trinajstić information content (AvgIpc) is 2.68. The van der Waals surface area contributed by atoms with Gasteiger partial charge in [-0.05, 0) is 31.7 Å². The van der Waals surface area contributed by atoms with E-state index in [0.29, 0.717) is 11.6 Å². The van der Waals surface area contributed by atoms with Crippen molar-refractivity contribution in [2.45, 2.75) is 19.1 Å². The van der Waals surface area contributed by atoms with Crippen LogP contribution in [0.25, 0.3) is 11.1 Å². The van der Waals surface area contributed by atoms with E-state index in [0.717, 1.165) is 24.2 Å². The largest absolute Gasteiger partial charge is 0.419 e. The third-order valence-corrected chi connectivity index (χ3v) is 4.02. The van der Waals surface area contributed by atoms with Crippen molar-refractivity contribution < 1.29 is 9.15 Å². The molecule has 2 unspecified atom stereocenters. The Labute approximate surface area is 111 Å². The molecule has 1 aliphatic rings. The molecule has 2 atom stereocenters. The van der Waals surface area contributed by atoms with Gasteiger partial charge in [0.05, 0.1) is 18.2 Å². The molecule has 0 amide bonds. The minimum Gasteiger partial charge on any atom is -0.408 e. The van der Waals surface area contributed by atoms with Gasteiger partial charge in [-0.2, -0.15) is 0 Å². The number of fused-ring (bicyclic) bond motifs is 1. The highest BCUT2D eigenvalue weighted by Gasteiger charge is 2.28. The average molecular weight is 262 g/mol. The van der Waals surface area contributed by atoms with Crippen LogP contribution in [0.5, 0.6) is 0 Å². The molecule has 0 aliphatic carbocycles. The SMILES string of the molecule is CC1C(c2ccc3c(c2)oc(=O)n3C)OCCN1C. The summed E-state index contributed by atoms with van der Waals surface area (Å²) < 4.78 is 12.6. The van der Waals surface area contributed by atoms with Gasteiger partial charge in [0.1, 0.15) is 0 Å². The first-order valence-corrected chi connectivity index (χ1v) is 6.49. The Morgan fingerprint density at radius 3 is 2.89 bits per heavy atom. The molecular formula is C14H18N2O3. The second kappa shape index (κ2) is 4.51. The quantitative estimate of drug-likeness (QED) is 0.782. The summed E-state index contributed by atoms with van der Waals surface area (Å²) in [6, 6.07) is 6.15. The van der Waals surface area contributed by atoms with Crippen LogP contribution in [-0.2, 0) is 11.8 Å². The third kappa shape index (κ3) is 1.99. The molecule has 5 heteroatoms. The molecule has 1 aromatic heterocycles. The van der Waals surface area contributed by atoms with Crippen LogP contribution < -0.4 is 5.76 Å². The molecule has 0 radical (unpaired) electrons. The summed E-state index contributed by atoms with van der Waals surface area (Å²) in [7, 11) is 3.81. The number of hydrogen-bond donors (Lipinski definition) is 0. The number of ether oxygens (including phenoxy) is 1. The topological polar surface area (TPSA) is 47.6 Å². The number of aryl methyl sites for hydroxylation is 1. The van der Waals surface area contributed by atoms with Gasteiger partial charge in [-0.25, -0.2) is 4.79 Å². The first kappa shape index (κ1) is 12.4. The van der Waals surface area contributed by atoms with Gasteiger partial charge in [0.25, 0.3) is 0 Å². The van der Waals surface area contributed by atoms with E-state index in [-0.39, 0.29) is 11.9 Å². The lowest BCUT2D eigenvalue weighted by Gasteiger charge is -2.37. The fourth-order valence-corrected chi connectivity index (χ4v) is 2.60. The van der Waals surface area contributed by atoms with Crippen molar-refractivity contribution in [3.63, 3.8) is 0 Å². The number of hydrogen-bond acceptors (Lipinski definition) is 4. The summed E-state index contributed by atoms with van der Waals surface area (Å²) in [6.45, 7) is 3.82. The summed E-state index contributed by atoms with van der Waals surface area (Å²) in [6.07, 6.45) is 0.0219. The van der Waals surface area contributed by atoms with Gasteiger partial charge >= 0.3 is 5.76 Å². The molecule has 3 rings (SSSR count). The second-order valence-corrected chi connectivity index (χ2v) is 5.17. The lowest BCUT2D eigenvalue weighted by Crippen LogP contribution is -2.42. The molecule has 2 heterocycles. The molecule has 1 saturated heterocycles. The van der Waals surface area contributed by atoms with Crippen molar-refractivity contribution in [1.82, 2.24) is 9.47 Å².